The molecule has 0 amide bonds. The highest BCUT2D eigenvalue weighted by Crippen LogP contribution is 2.26. The van der Waals surface area contributed by atoms with Crippen molar-refractivity contribution in [3.63, 3.8) is 0 Å². The molecule has 1 aromatic heterocycles. The van der Waals surface area contributed by atoms with Crippen molar-refractivity contribution in [1.29, 1.82) is 0 Å². The fourth-order valence-corrected chi connectivity index (χ4v) is 3.56. The van der Waals surface area contributed by atoms with Crippen molar-refractivity contribution < 1.29 is 0 Å². The van der Waals surface area contributed by atoms with Gasteiger partial charge < -0.3 is 0 Å². The topological polar surface area (TPSA) is 38.7 Å². The van der Waals surface area contributed by atoms with Crippen molar-refractivity contribution in [1.82, 2.24) is 15.0 Å². The molecule has 0 unspecified atom stereocenters. The van der Waals surface area contributed by atoms with Crippen LogP contribution in [0.2, 0.25) is 0 Å². The Morgan fingerprint density at radius 3 is 1.18 bits per heavy atom. The van der Waals surface area contributed by atoms with Crippen LogP contribution in [0.1, 0.15) is 22.3 Å². The Kier molecular flexibility index (Phi) is 4.74. The van der Waals surface area contributed by atoms with Gasteiger partial charge in [-0.2, -0.15) is 0 Å². The predicted molar refractivity (Wildman–Crippen MR) is 115 cm³/mol. The molecule has 138 valence electrons. The molecule has 3 heteroatoms. The number of hydrogen-bond donors (Lipinski definition) is 0. The first-order valence-corrected chi connectivity index (χ1v) is 9.47. The molecule has 0 radical (unpaired) electrons. The molecule has 0 spiro atoms. The molecule has 0 N–H and O–H groups in total. The van der Waals surface area contributed by atoms with Crippen LogP contribution in [0.25, 0.3) is 34.2 Å². The molecule has 0 saturated carbocycles. The van der Waals surface area contributed by atoms with E-state index in [0.29, 0.717) is 17.5 Å². The van der Waals surface area contributed by atoms with E-state index in [1.54, 1.807) is 0 Å². The summed E-state index contributed by atoms with van der Waals surface area (Å²) in [5.41, 5.74) is 7.81. The van der Waals surface area contributed by atoms with Crippen LogP contribution in [0.4, 0.5) is 0 Å². The number of aromatic nitrogens is 3. The summed E-state index contributed by atoms with van der Waals surface area (Å²) < 4.78 is 0. The molecule has 0 fully saturated rings. The van der Waals surface area contributed by atoms with E-state index in [2.05, 4.69) is 64.1 Å². The summed E-state index contributed by atoms with van der Waals surface area (Å²) >= 11 is 0. The first-order valence-electron chi connectivity index (χ1n) is 9.47. The summed E-state index contributed by atoms with van der Waals surface area (Å²) in [6.07, 6.45) is 0. The fraction of sp³-hybridized carbons (Fsp3) is 0.160. The molecule has 3 nitrogen and oxygen atoms in total. The summed E-state index contributed by atoms with van der Waals surface area (Å²) in [6, 6.07) is 22.9. The lowest BCUT2D eigenvalue weighted by Gasteiger charge is -2.10. The van der Waals surface area contributed by atoms with E-state index in [4.69, 9.17) is 15.0 Å². The third kappa shape index (κ3) is 3.84. The van der Waals surface area contributed by atoms with E-state index in [1.807, 2.05) is 30.3 Å². The van der Waals surface area contributed by atoms with E-state index in [9.17, 15) is 0 Å². The molecule has 4 aromatic rings. The van der Waals surface area contributed by atoms with Crippen LogP contribution in [-0.4, -0.2) is 15.0 Å². The van der Waals surface area contributed by atoms with Gasteiger partial charge in [0.25, 0.3) is 0 Å². The van der Waals surface area contributed by atoms with E-state index in [-0.39, 0.29) is 0 Å². The first kappa shape index (κ1) is 18.1. The van der Waals surface area contributed by atoms with Crippen LogP contribution in [0.15, 0.2) is 66.7 Å². The molecule has 3 aromatic carbocycles. The minimum atomic E-state index is 0.693. The second-order valence-electron chi connectivity index (χ2n) is 7.43. The number of benzene rings is 3. The smallest absolute Gasteiger partial charge is 0.164 e. The minimum absolute atomic E-state index is 0.693. The fourth-order valence-electron chi connectivity index (χ4n) is 3.56. The molecule has 0 aliphatic rings. The highest BCUT2D eigenvalue weighted by atomic mass is 15.0. The first-order chi connectivity index (χ1) is 13.5. The van der Waals surface area contributed by atoms with Gasteiger partial charge in [0.05, 0.1) is 0 Å². The SMILES string of the molecule is Cc1cc(C)cc(-c2nc(-c3ccccc3)nc(-c3cc(C)cc(C)c3)n2)c1. The number of hydrogen-bond acceptors (Lipinski definition) is 3. The van der Waals surface area contributed by atoms with Gasteiger partial charge in [0.15, 0.2) is 17.5 Å². The number of nitrogens with zero attached hydrogens (tertiary/aromatic N) is 3. The maximum atomic E-state index is 4.84. The molecule has 4 rings (SSSR count). The summed E-state index contributed by atoms with van der Waals surface area (Å²) in [4.78, 5) is 14.5. The molecule has 28 heavy (non-hydrogen) atoms. The second kappa shape index (κ2) is 7.35. The molecular formula is C25H23N3. The Labute approximate surface area is 166 Å². The van der Waals surface area contributed by atoms with Gasteiger partial charge in [0.2, 0.25) is 0 Å². The van der Waals surface area contributed by atoms with Crippen LogP contribution in [0.5, 0.6) is 0 Å². The Morgan fingerprint density at radius 1 is 0.429 bits per heavy atom. The van der Waals surface area contributed by atoms with Crippen molar-refractivity contribution in [2.45, 2.75) is 27.7 Å². The lowest BCUT2D eigenvalue weighted by atomic mass is 10.1. The third-order valence-corrected chi connectivity index (χ3v) is 4.63. The number of rotatable bonds is 3. The zero-order valence-corrected chi connectivity index (χ0v) is 16.7. The maximum Gasteiger partial charge on any atom is 0.164 e. The zero-order valence-electron chi connectivity index (χ0n) is 16.7. The highest BCUT2D eigenvalue weighted by molar-refractivity contribution is 5.67. The molecule has 0 atom stereocenters. The Hall–Kier alpha value is -3.33. The van der Waals surface area contributed by atoms with Gasteiger partial charge >= 0.3 is 0 Å². The standard InChI is InChI=1S/C25H23N3/c1-16-10-17(2)13-21(12-16)24-26-23(20-8-6-5-7-9-20)27-25(28-24)22-14-18(3)11-19(4)15-22/h5-15H,1-4H3. The van der Waals surface area contributed by atoms with Gasteiger partial charge in [-0.05, 0) is 52.0 Å². The lowest BCUT2D eigenvalue weighted by molar-refractivity contribution is 1.07. The van der Waals surface area contributed by atoms with Gasteiger partial charge in [-0.1, -0.05) is 64.7 Å². The van der Waals surface area contributed by atoms with Crippen molar-refractivity contribution in [2.75, 3.05) is 0 Å². The summed E-state index contributed by atoms with van der Waals surface area (Å²) in [5, 5.41) is 0. The van der Waals surface area contributed by atoms with Crippen molar-refractivity contribution in [3.8, 4) is 34.2 Å². The normalized spacial score (nSPS) is 10.9. The van der Waals surface area contributed by atoms with E-state index < -0.39 is 0 Å². The van der Waals surface area contributed by atoms with Crippen LogP contribution in [-0.2, 0) is 0 Å². The van der Waals surface area contributed by atoms with Gasteiger partial charge in [-0.15, -0.1) is 0 Å². The van der Waals surface area contributed by atoms with Crippen molar-refractivity contribution in [2.24, 2.45) is 0 Å². The summed E-state index contributed by atoms with van der Waals surface area (Å²) in [5.74, 6) is 2.10. The van der Waals surface area contributed by atoms with Crippen molar-refractivity contribution >= 4 is 0 Å². The molecule has 1 heterocycles. The van der Waals surface area contributed by atoms with Crippen LogP contribution < -0.4 is 0 Å². The third-order valence-electron chi connectivity index (χ3n) is 4.63. The molecule has 0 aliphatic carbocycles. The monoisotopic (exact) mass is 365 g/mol. The Morgan fingerprint density at radius 2 is 0.786 bits per heavy atom. The highest BCUT2D eigenvalue weighted by Gasteiger charge is 2.13. The van der Waals surface area contributed by atoms with Gasteiger partial charge in [0, 0.05) is 16.7 Å². The quantitative estimate of drug-likeness (QED) is 0.440. The average molecular weight is 365 g/mol. The summed E-state index contributed by atoms with van der Waals surface area (Å²) in [7, 11) is 0. The van der Waals surface area contributed by atoms with E-state index in [1.165, 1.54) is 22.3 Å². The maximum absolute atomic E-state index is 4.84. The molecular weight excluding hydrogens is 342 g/mol. The minimum Gasteiger partial charge on any atom is -0.208 e. The van der Waals surface area contributed by atoms with E-state index in [0.717, 1.165) is 16.7 Å². The lowest BCUT2D eigenvalue weighted by Crippen LogP contribution is -2.01. The van der Waals surface area contributed by atoms with Gasteiger partial charge in [0.1, 0.15) is 0 Å². The predicted octanol–water partition coefficient (Wildman–Crippen LogP) is 6.11. The van der Waals surface area contributed by atoms with Crippen LogP contribution >= 0.6 is 0 Å². The largest absolute Gasteiger partial charge is 0.208 e. The van der Waals surface area contributed by atoms with Crippen molar-refractivity contribution in [3.05, 3.63) is 89.0 Å². The number of aryl methyl sites for hydroxylation is 4. The molecule has 0 bridgehead atoms. The average Bonchev–Trinajstić information content (AvgIpc) is 2.67. The second-order valence-corrected chi connectivity index (χ2v) is 7.43. The molecule has 0 saturated heterocycles. The Bertz CT molecular complexity index is 1040. The van der Waals surface area contributed by atoms with Gasteiger partial charge in [-0.25, -0.2) is 15.0 Å². The van der Waals surface area contributed by atoms with E-state index >= 15 is 0 Å². The molecule has 0 aliphatic heterocycles. The summed E-state index contributed by atoms with van der Waals surface area (Å²) in [6.45, 7) is 8.39. The van der Waals surface area contributed by atoms with Gasteiger partial charge in [-0.3, -0.25) is 0 Å². The van der Waals surface area contributed by atoms with Crippen LogP contribution in [0.3, 0.4) is 0 Å². The zero-order chi connectivity index (χ0) is 19.7. The van der Waals surface area contributed by atoms with Crippen LogP contribution in [0, 0.1) is 27.7 Å². The Balaban J connectivity index is 1.95.